The highest BCUT2D eigenvalue weighted by atomic mass is 32.1. The predicted octanol–water partition coefficient (Wildman–Crippen LogP) is 4.22. The van der Waals surface area contributed by atoms with Crippen molar-refractivity contribution in [2.45, 2.75) is 84.0 Å². The highest BCUT2D eigenvalue weighted by molar-refractivity contribution is 7.09. The van der Waals surface area contributed by atoms with Gasteiger partial charge in [0.1, 0.15) is 10.5 Å². The zero-order valence-corrected chi connectivity index (χ0v) is 15.6. The molecule has 0 amide bonds. The number of likely N-dealkylation sites (N-methyl/N-ethyl adjacent to an activating group) is 1. The number of nitrogens with zero attached hydrogens (tertiary/aromatic N) is 1. The van der Waals surface area contributed by atoms with E-state index in [0.29, 0.717) is 0 Å². The van der Waals surface area contributed by atoms with Gasteiger partial charge in [0.15, 0.2) is 0 Å². The summed E-state index contributed by atoms with van der Waals surface area (Å²) in [5.74, 6) is 0. The summed E-state index contributed by atoms with van der Waals surface area (Å²) in [6.07, 6.45) is 0.942. The van der Waals surface area contributed by atoms with E-state index in [0.717, 1.165) is 18.0 Å². The molecule has 3 nitrogen and oxygen atoms in total. The van der Waals surface area contributed by atoms with Crippen molar-refractivity contribution in [3.8, 4) is 0 Å². The molecule has 0 spiro atoms. The Hall–Kier alpha value is -0.450. The van der Waals surface area contributed by atoms with Gasteiger partial charge in [0.05, 0.1) is 16.9 Å². The van der Waals surface area contributed by atoms with Crippen LogP contribution < -0.4 is 5.32 Å². The lowest BCUT2D eigenvalue weighted by Gasteiger charge is -2.39. The maximum Gasteiger partial charge on any atom is 0.116 e. The molecule has 1 aliphatic heterocycles. The van der Waals surface area contributed by atoms with Crippen LogP contribution in [0, 0.1) is 0 Å². The lowest BCUT2D eigenvalue weighted by atomic mass is 9.79. The Kier molecular flexibility index (Phi) is 4.06. The van der Waals surface area contributed by atoms with Crippen LogP contribution in [0.4, 0.5) is 0 Å². The summed E-state index contributed by atoms with van der Waals surface area (Å²) in [5, 5.41) is 7.07. The number of ether oxygens (including phenoxy) is 1. The minimum Gasteiger partial charge on any atom is -0.367 e. The van der Waals surface area contributed by atoms with E-state index >= 15 is 0 Å². The first kappa shape index (κ1) is 16.9. The van der Waals surface area contributed by atoms with E-state index in [9.17, 15) is 0 Å². The first-order valence-electron chi connectivity index (χ1n) is 7.85. The third kappa shape index (κ3) is 2.90. The van der Waals surface area contributed by atoms with Gasteiger partial charge in [-0.1, -0.05) is 27.7 Å². The van der Waals surface area contributed by atoms with Crippen molar-refractivity contribution in [2.75, 3.05) is 6.54 Å². The van der Waals surface area contributed by atoms with Crippen LogP contribution in [0.2, 0.25) is 0 Å². The maximum absolute atomic E-state index is 6.36. The van der Waals surface area contributed by atoms with Crippen LogP contribution >= 0.6 is 11.3 Å². The fourth-order valence-corrected chi connectivity index (χ4v) is 4.84. The third-order valence-corrected chi connectivity index (χ3v) is 5.37. The van der Waals surface area contributed by atoms with E-state index in [4.69, 9.17) is 9.72 Å². The number of nitrogens with one attached hydrogen (secondary N) is 1. The molecule has 1 aromatic heterocycles. The van der Waals surface area contributed by atoms with E-state index < -0.39 is 0 Å². The normalized spacial score (nSPS) is 28.0. The molecule has 0 aliphatic carbocycles. The van der Waals surface area contributed by atoms with Crippen LogP contribution in [0.1, 0.15) is 72.5 Å². The van der Waals surface area contributed by atoms with E-state index in [1.807, 2.05) is 0 Å². The van der Waals surface area contributed by atoms with Crippen LogP contribution in [0.15, 0.2) is 5.38 Å². The van der Waals surface area contributed by atoms with Gasteiger partial charge in [-0.15, -0.1) is 11.3 Å². The van der Waals surface area contributed by atoms with Crippen molar-refractivity contribution < 1.29 is 4.74 Å². The van der Waals surface area contributed by atoms with Crippen LogP contribution in [0.25, 0.3) is 0 Å². The Labute approximate surface area is 133 Å². The van der Waals surface area contributed by atoms with E-state index in [1.54, 1.807) is 11.3 Å². The molecule has 1 atom stereocenters. The van der Waals surface area contributed by atoms with Crippen LogP contribution in [0.5, 0.6) is 0 Å². The number of aromatic nitrogens is 1. The van der Waals surface area contributed by atoms with Gasteiger partial charge in [0.25, 0.3) is 0 Å². The van der Waals surface area contributed by atoms with E-state index in [1.165, 1.54) is 5.69 Å². The van der Waals surface area contributed by atoms with Crippen LogP contribution in [0.3, 0.4) is 0 Å². The molecule has 1 N–H and O–H groups in total. The summed E-state index contributed by atoms with van der Waals surface area (Å²) in [6, 6.07) is 0. The number of hydrogen-bond acceptors (Lipinski definition) is 4. The first-order valence-corrected chi connectivity index (χ1v) is 8.73. The van der Waals surface area contributed by atoms with Crippen molar-refractivity contribution >= 4 is 11.3 Å². The zero-order chi connectivity index (χ0) is 16.1. The first-order chi connectivity index (χ1) is 9.44. The maximum atomic E-state index is 6.36. The fourth-order valence-electron chi connectivity index (χ4n) is 3.47. The largest absolute Gasteiger partial charge is 0.367 e. The second-order valence-electron chi connectivity index (χ2n) is 8.27. The summed E-state index contributed by atoms with van der Waals surface area (Å²) < 4.78 is 6.36. The number of thiazole rings is 1. The zero-order valence-electron chi connectivity index (χ0n) is 14.8. The van der Waals surface area contributed by atoms with Gasteiger partial charge < -0.3 is 10.1 Å². The van der Waals surface area contributed by atoms with Gasteiger partial charge >= 0.3 is 0 Å². The van der Waals surface area contributed by atoms with Gasteiger partial charge in [-0.3, -0.25) is 0 Å². The minimum absolute atomic E-state index is 0.0846. The molecule has 4 heteroatoms. The Balaban J connectivity index is 2.51. The third-order valence-electron chi connectivity index (χ3n) is 4.37. The molecule has 120 valence electrons. The molecular weight excluding hydrogens is 280 g/mol. The molecule has 0 bridgehead atoms. The van der Waals surface area contributed by atoms with Crippen molar-refractivity contribution in [1.82, 2.24) is 10.3 Å². The quantitative estimate of drug-likeness (QED) is 0.907. The highest BCUT2D eigenvalue weighted by Crippen LogP contribution is 2.51. The van der Waals surface area contributed by atoms with Gasteiger partial charge in [0.2, 0.25) is 0 Å². The smallest absolute Gasteiger partial charge is 0.116 e. The minimum atomic E-state index is -0.278. The number of hydrogen-bond donors (Lipinski definition) is 1. The molecule has 2 rings (SSSR count). The SMILES string of the molecule is CCNC1(c2nc(C(C)(C)C)cs2)CC(C)(C)OC1(C)C. The molecule has 1 fully saturated rings. The monoisotopic (exact) mass is 310 g/mol. The molecule has 21 heavy (non-hydrogen) atoms. The Morgan fingerprint density at radius 1 is 1.29 bits per heavy atom. The second kappa shape index (κ2) is 5.04. The van der Waals surface area contributed by atoms with Crippen LogP contribution in [-0.2, 0) is 15.7 Å². The Morgan fingerprint density at radius 2 is 1.90 bits per heavy atom. The summed E-state index contributed by atoms with van der Waals surface area (Å²) in [7, 11) is 0. The molecule has 1 saturated heterocycles. The molecule has 0 saturated carbocycles. The Bertz CT molecular complexity index is 513. The number of rotatable bonds is 3. The lowest BCUT2D eigenvalue weighted by Crippen LogP contribution is -2.54. The molecule has 1 aromatic rings. The molecular formula is C17H30N2OS. The molecule has 0 aromatic carbocycles. The predicted molar refractivity (Wildman–Crippen MR) is 90.0 cm³/mol. The summed E-state index contributed by atoms with van der Waals surface area (Å²) in [5.41, 5.74) is 0.625. The van der Waals surface area contributed by atoms with Crippen molar-refractivity contribution in [2.24, 2.45) is 0 Å². The van der Waals surface area contributed by atoms with Crippen molar-refractivity contribution in [3.63, 3.8) is 0 Å². The standard InChI is InChI=1S/C17H30N2OS/c1-9-18-17(11-15(5,6)20-16(17,7)8)13-19-12(10-21-13)14(2,3)4/h10,18H,9,11H2,1-8H3. The lowest BCUT2D eigenvalue weighted by molar-refractivity contribution is -0.0842. The summed E-state index contributed by atoms with van der Waals surface area (Å²) in [4.78, 5) is 4.99. The average Bonchev–Trinajstić information content (AvgIpc) is 2.80. The van der Waals surface area contributed by atoms with Gasteiger partial charge in [0, 0.05) is 17.2 Å². The summed E-state index contributed by atoms with van der Waals surface area (Å²) in [6.45, 7) is 18.4. The van der Waals surface area contributed by atoms with E-state index in [-0.39, 0.29) is 22.2 Å². The van der Waals surface area contributed by atoms with Crippen molar-refractivity contribution in [3.05, 3.63) is 16.1 Å². The van der Waals surface area contributed by atoms with E-state index in [2.05, 4.69) is 66.1 Å². The summed E-state index contributed by atoms with van der Waals surface area (Å²) >= 11 is 1.76. The van der Waals surface area contributed by atoms with Gasteiger partial charge in [-0.05, 0) is 34.2 Å². The molecule has 1 unspecified atom stereocenters. The van der Waals surface area contributed by atoms with Crippen LogP contribution in [-0.4, -0.2) is 22.7 Å². The highest BCUT2D eigenvalue weighted by Gasteiger charge is 2.59. The van der Waals surface area contributed by atoms with Gasteiger partial charge in [-0.25, -0.2) is 4.98 Å². The van der Waals surface area contributed by atoms with Crippen molar-refractivity contribution in [1.29, 1.82) is 0 Å². The molecule has 2 heterocycles. The Morgan fingerprint density at radius 3 is 2.29 bits per heavy atom. The topological polar surface area (TPSA) is 34.2 Å². The molecule has 1 aliphatic rings. The van der Waals surface area contributed by atoms with Gasteiger partial charge in [-0.2, -0.15) is 0 Å². The second-order valence-corrected chi connectivity index (χ2v) is 9.13. The average molecular weight is 311 g/mol. The molecule has 0 radical (unpaired) electrons. The fraction of sp³-hybridized carbons (Fsp3) is 0.824.